The summed E-state index contributed by atoms with van der Waals surface area (Å²) in [7, 11) is 0. The van der Waals surface area contributed by atoms with Crippen LogP contribution in [0.5, 0.6) is 0 Å². The highest BCUT2D eigenvalue weighted by Crippen LogP contribution is 2.33. The Morgan fingerprint density at radius 1 is 1.14 bits per heavy atom. The largest absolute Gasteiger partial charge is 0.317 e. The SMILES string of the molecule is CCc1ccc(Cc2nc(C)c(C3CCNCC3)s2)cc1. The van der Waals surface area contributed by atoms with Gasteiger partial charge in [0.1, 0.15) is 0 Å². The van der Waals surface area contributed by atoms with Crippen molar-refractivity contribution < 1.29 is 0 Å². The molecule has 0 unspecified atom stereocenters. The number of hydrogen-bond donors (Lipinski definition) is 1. The van der Waals surface area contributed by atoms with Crippen LogP contribution in [-0.4, -0.2) is 18.1 Å². The van der Waals surface area contributed by atoms with Gasteiger partial charge in [-0.3, -0.25) is 0 Å². The van der Waals surface area contributed by atoms with E-state index in [9.17, 15) is 0 Å². The monoisotopic (exact) mass is 300 g/mol. The van der Waals surface area contributed by atoms with Gasteiger partial charge in [-0.15, -0.1) is 11.3 Å². The number of nitrogens with one attached hydrogen (secondary N) is 1. The topological polar surface area (TPSA) is 24.9 Å². The lowest BCUT2D eigenvalue weighted by molar-refractivity contribution is 0.463. The van der Waals surface area contributed by atoms with Crippen molar-refractivity contribution in [3.63, 3.8) is 0 Å². The molecule has 2 aromatic rings. The molecule has 0 aliphatic carbocycles. The van der Waals surface area contributed by atoms with Crippen molar-refractivity contribution in [1.29, 1.82) is 0 Å². The molecule has 112 valence electrons. The second-order valence-corrected chi connectivity index (χ2v) is 7.04. The Bertz CT molecular complexity index is 580. The van der Waals surface area contributed by atoms with Gasteiger partial charge in [-0.1, -0.05) is 31.2 Å². The Morgan fingerprint density at radius 2 is 1.81 bits per heavy atom. The van der Waals surface area contributed by atoms with Crippen molar-refractivity contribution in [2.24, 2.45) is 0 Å². The van der Waals surface area contributed by atoms with Crippen molar-refractivity contribution in [3.8, 4) is 0 Å². The third-order valence-electron chi connectivity index (χ3n) is 4.37. The molecular formula is C18H24N2S. The van der Waals surface area contributed by atoms with Crippen molar-refractivity contribution in [3.05, 3.63) is 51.0 Å². The Balaban J connectivity index is 1.73. The molecule has 0 amide bonds. The summed E-state index contributed by atoms with van der Waals surface area (Å²) in [5.74, 6) is 0.722. The molecule has 0 atom stereocenters. The van der Waals surface area contributed by atoms with E-state index in [4.69, 9.17) is 4.98 Å². The first kappa shape index (κ1) is 14.7. The van der Waals surface area contributed by atoms with Crippen LogP contribution < -0.4 is 5.32 Å². The van der Waals surface area contributed by atoms with Gasteiger partial charge >= 0.3 is 0 Å². The quantitative estimate of drug-likeness (QED) is 0.920. The molecule has 1 aromatic carbocycles. The standard InChI is InChI=1S/C18H24N2S/c1-3-14-4-6-15(7-5-14)12-17-20-13(2)18(21-17)16-8-10-19-11-9-16/h4-7,16,19H,3,8-12H2,1-2H3. The predicted octanol–water partition coefficient (Wildman–Crippen LogP) is 4.07. The summed E-state index contributed by atoms with van der Waals surface area (Å²) >= 11 is 1.93. The third kappa shape index (κ3) is 3.53. The number of benzene rings is 1. The van der Waals surface area contributed by atoms with E-state index in [1.54, 1.807) is 0 Å². The van der Waals surface area contributed by atoms with Gasteiger partial charge in [-0.25, -0.2) is 4.98 Å². The third-order valence-corrected chi connectivity index (χ3v) is 5.69. The van der Waals surface area contributed by atoms with E-state index in [1.807, 2.05) is 11.3 Å². The van der Waals surface area contributed by atoms with Crippen molar-refractivity contribution >= 4 is 11.3 Å². The minimum atomic E-state index is 0.722. The molecule has 2 heterocycles. The van der Waals surface area contributed by atoms with Gasteiger partial charge in [-0.2, -0.15) is 0 Å². The van der Waals surface area contributed by atoms with E-state index >= 15 is 0 Å². The average molecular weight is 300 g/mol. The Kier molecular flexibility index (Phi) is 4.71. The van der Waals surface area contributed by atoms with E-state index in [2.05, 4.69) is 43.4 Å². The summed E-state index contributed by atoms with van der Waals surface area (Å²) in [5.41, 5.74) is 4.04. The number of piperidine rings is 1. The van der Waals surface area contributed by atoms with Crippen LogP contribution in [0, 0.1) is 6.92 Å². The Hall–Kier alpha value is -1.19. The summed E-state index contributed by atoms with van der Waals surface area (Å²) in [4.78, 5) is 6.35. The highest BCUT2D eigenvalue weighted by atomic mass is 32.1. The number of rotatable bonds is 4. The average Bonchev–Trinajstić information content (AvgIpc) is 2.89. The summed E-state index contributed by atoms with van der Waals surface area (Å²) in [6.45, 7) is 6.67. The number of aromatic nitrogens is 1. The summed E-state index contributed by atoms with van der Waals surface area (Å²) in [5, 5.41) is 4.71. The molecule has 1 aliphatic heterocycles. The summed E-state index contributed by atoms with van der Waals surface area (Å²) < 4.78 is 0. The maximum atomic E-state index is 4.82. The zero-order valence-corrected chi connectivity index (χ0v) is 13.8. The van der Waals surface area contributed by atoms with Crippen LogP contribution in [0.15, 0.2) is 24.3 Å². The van der Waals surface area contributed by atoms with Crippen LogP contribution in [0.25, 0.3) is 0 Å². The molecule has 0 spiro atoms. The van der Waals surface area contributed by atoms with E-state index in [1.165, 1.54) is 39.5 Å². The fourth-order valence-corrected chi connectivity index (χ4v) is 4.34. The van der Waals surface area contributed by atoms with E-state index in [-0.39, 0.29) is 0 Å². The first-order chi connectivity index (χ1) is 10.3. The fraction of sp³-hybridized carbons (Fsp3) is 0.500. The van der Waals surface area contributed by atoms with Crippen molar-refractivity contribution in [2.75, 3.05) is 13.1 Å². The number of nitrogens with zero attached hydrogens (tertiary/aromatic N) is 1. The first-order valence-corrected chi connectivity index (χ1v) is 8.82. The lowest BCUT2D eigenvalue weighted by Gasteiger charge is -2.21. The molecule has 1 aliphatic rings. The number of aryl methyl sites for hydroxylation is 2. The highest BCUT2D eigenvalue weighted by molar-refractivity contribution is 7.11. The zero-order valence-electron chi connectivity index (χ0n) is 13.0. The minimum absolute atomic E-state index is 0.722. The lowest BCUT2D eigenvalue weighted by Crippen LogP contribution is -2.26. The molecule has 1 aromatic heterocycles. The van der Waals surface area contributed by atoms with Gasteiger partial charge < -0.3 is 5.32 Å². The second kappa shape index (κ2) is 6.71. The maximum Gasteiger partial charge on any atom is 0.0974 e. The molecule has 0 saturated carbocycles. The molecule has 1 saturated heterocycles. The molecule has 2 nitrogen and oxygen atoms in total. The van der Waals surface area contributed by atoms with Crippen LogP contribution in [0.2, 0.25) is 0 Å². The minimum Gasteiger partial charge on any atom is -0.317 e. The molecule has 3 rings (SSSR count). The van der Waals surface area contributed by atoms with Gasteiger partial charge in [0, 0.05) is 11.3 Å². The normalized spacial score (nSPS) is 16.3. The highest BCUT2D eigenvalue weighted by Gasteiger charge is 2.20. The summed E-state index contributed by atoms with van der Waals surface area (Å²) in [6.07, 6.45) is 4.60. The number of thiazole rings is 1. The van der Waals surface area contributed by atoms with Gasteiger partial charge in [0.15, 0.2) is 0 Å². The molecular weight excluding hydrogens is 276 g/mol. The molecule has 0 radical (unpaired) electrons. The van der Waals surface area contributed by atoms with Gasteiger partial charge in [-0.05, 0) is 56.3 Å². The Labute approximate surface area is 131 Å². The smallest absolute Gasteiger partial charge is 0.0974 e. The van der Waals surface area contributed by atoms with Crippen molar-refractivity contribution in [2.45, 2.75) is 45.4 Å². The molecule has 0 bridgehead atoms. The van der Waals surface area contributed by atoms with Crippen LogP contribution in [0.1, 0.15) is 52.4 Å². The van der Waals surface area contributed by atoms with Gasteiger partial charge in [0.2, 0.25) is 0 Å². The zero-order chi connectivity index (χ0) is 14.7. The van der Waals surface area contributed by atoms with Gasteiger partial charge in [0.25, 0.3) is 0 Å². The maximum absolute atomic E-state index is 4.82. The fourth-order valence-electron chi connectivity index (χ4n) is 3.07. The van der Waals surface area contributed by atoms with E-state index in [0.717, 1.165) is 31.8 Å². The van der Waals surface area contributed by atoms with E-state index < -0.39 is 0 Å². The van der Waals surface area contributed by atoms with Gasteiger partial charge in [0.05, 0.1) is 10.7 Å². The molecule has 1 fully saturated rings. The Morgan fingerprint density at radius 3 is 2.48 bits per heavy atom. The first-order valence-electron chi connectivity index (χ1n) is 8.01. The molecule has 1 N–H and O–H groups in total. The van der Waals surface area contributed by atoms with Crippen molar-refractivity contribution in [1.82, 2.24) is 10.3 Å². The number of hydrogen-bond acceptors (Lipinski definition) is 3. The summed E-state index contributed by atoms with van der Waals surface area (Å²) in [6, 6.07) is 8.98. The van der Waals surface area contributed by atoms with Crippen LogP contribution in [-0.2, 0) is 12.8 Å². The van der Waals surface area contributed by atoms with Crippen LogP contribution in [0.4, 0.5) is 0 Å². The predicted molar refractivity (Wildman–Crippen MR) is 90.3 cm³/mol. The molecule has 21 heavy (non-hydrogen) atoms. The second-order valence-electron chi connectivity index (χ2n) is 5.93. The molecule has 3 heteroatoms. The lowest BCUT2D eigenvalue weighted by atomic mass is 9.96. The van der Waals surface area contributed by atoms with Crippen LogP contribution in [0.3, 0.4) is 0 Å². The van der Waals surface area contributed by atoms with Crippen LogP contribution >= 0.6 is 11.3 Å². The van der Waals surface area contributed by atoms with E-state index in [0.29, 0.717) is 0 Å².